The van der Waals surface area contributed by atoms with Crippen LogP contribution in [0.25, 0.3) is 0 Å². The number of nitrogens with two attached hydrogens (primary N) is 1. The molecule has 1 rings (SSSR count). The molecule has 1 atom stereocenters. The minimum absolute atomic E-state index is 0.0429. The van der Waals surface area contributed by atoms with Gasteiger partial charge in [0.1, 0.15) is 0 Å². The summed E-state index contributed by atoms with van der Waals surface area (Å²) in [5.41, 5.74) is 4.74. The predicted octanol–water partition coefficient (Wildman–Crippen LogP) is 3.62. The third kappa shape index (κ3) is 4.11. The molecule has 1 aromatic carbocycles. The van der Waals surface area contributed by atoms with Gasteiger partial charge in [-0.3, -0.25) is 11.3 Å². The highest BCUT2D eigenvalue weighted by molar-refractivity contribution is 5.25. The quantitative estimate of drug-likeness (QED) is 0.617. The van der Waals surface area contributed by atoms with E-state index >= 15 is 0 Å². The lowest BCUT2D eigenvalue weighted by Gasteiger charge is -2.36. The molecule has 18 heavy (non-hydrogen) atoms. The minimum Gasteiger partial charge on any atom is -0.271 e. The Balaban J connectivity index is 2.80. The molecule has 0 saturated carbocycles. The maximum absolute atomic E-state index is 5.78. The van der Waals surface area contributed by atoms with E-state index in [1.807, 2.05) is 0 Å². The van der Waals surface area contributed by atoms with Crippen molar-refractivity contribution in [1.82, 2.24) is 5.43 Å². The van der Waals surface area contributed by atoms with Gasteiger partial charge in [-0.2, -0.15) is 0 Å². The van der Waals surface area contributed by atoms with Crippen LogP contribution in [0.5, 0.6) is 0 Å². The molecule has 0 aliphatic heterocycles. The van der Waals surface area contributed by atoms with Crippen molar-refractivity contribution in [1.29, 1.82) is 0 Å². The number of hydrogen-bond donors (Lipinski definition) is 2. The zero-order chi connectivity index (χ0) is 13.8. The molecule has 102 valence electrons. The standard InChI is InChI=1S/C16H28N2/c1-15(2,3)12-11-14(18-17)16(4,5)13-9-7-6-8-10-13/h6-10,14,18H,11-12,17H2,1-5H3. The summed E-state index contributed by atoms with van der Waals surface area (Å²) in [4.78, 5) is 0. The zero-order valence-corrected chi connectivity index (χ0v) is 12.5. The van der Waals surface area contributed by atoms with Crippen molar-refractivity contribution < 1.29 is 0 Å². The average molecular weight is 248 g/mol. The van der Waals surface area contributed by atoms with Crippen LogP contribution >= 0.6 is 0 Å². The summed E-state index contributed by atoms with van der Waals surface area (Å²) in [5.74, 6) is 5.78. The van der Waals surface area contributed by atoms with Crippen molar-refractivity contribution in [2.45, 2.75) is 58.9 Å². The molecule has 0 aliphatic rings. The van der Waals surface area contributed by atoms with Crippen molar-refractivity contribution in [3.8, 4) is 0 Å². The maximum Gasteiger partial charge on any atom is 0.0302 e. The summed E-state index contributed by atoms with van der Waals surface area (Å²) in [5, 5.41) is 0. The normalized spacial score (nSPS) is 14.6. The van der Waals surface area contributed by atoms with Crippen molar-refractivity contribution in [2.75, 3.05) is 0 Å². The number of hydrazine groups is 1. The maximum atomic E-state index is 5.78. The molecule has 2 heteroatoms. The van der Waals surface area contributed by atoms with Gasteiger partial charge in [-0.15, -0.1) is 0 Å². The van der Waals surface area contributed by atoms with E-state index < -0.39 is 0 Å². The molecule has 0 aliphatic carbocycles. The molecular formula is C16H28N2. The number of hydrogen-bond acceptors (Lipinski definition) is 2. The van der Waals surface area contributed by atoms with Crippen LogP contribution in [0.15, 0.2) is 30.3 Å². The summed E-state index contributed by atoms with van der Waals surface area (Å²) < 4.78 is 0. The van der Waals surface area contributed by atoms with Crippen LogP contribution < -0.4 is 11.3 Å². The molecule has 0 radical (unpaired) electrons. The van der Waals surface area contributed by atoms with E-state index in [4.69, 9.17) is 5.84 Å². The molecule has 0 bridgehead atoms. The Labute approximate surface area is 112 Å². The highest BCUT2D eigenvalue weighted by atomic mass is 15.2. The van der Waals surface area contributed by atoms with E-state index in [1.165, 1.54) is 5.56 Å². The second-order valence-electron chi connectivity index (χ2n) is 6.91. The van der Waals surface area contributed by atoms with E-state index in [0.717, 1.165) is 12.8 Å². The fourth-order valence-electron chi connectivity index (χ4n) is 2.30. The molecule has 1 aromatic rings. The summed E-state index contributed by atoms with van der Waals surface area (Å²) in [6.07, 6.45) is 2.25. The fraction of sp³-hybridized carbons (Fsp3) is 0.625. The molecule has 0 aromatic heterocycles. The molecular weight excluding hydrogens is 220 g/mol. The Bertz CT molecular complexity index is 349. The third-order valence-electron chi connectivity index (χ3n) is 3.77. The van der Waals surface area contributed by atoms with Gasteiger partial charge in [0, 0.05) is 11.5 Å². The lowest BCUT2D eigenvalue weighted by Crippen LogP contribution is -2.48. The van der Waals surface area contributed by atoms with Gasteiger partial charge in [-0.25, -0.2) is 0 Å². The second-order valence-corrected chi connectivity index (χ2v) is 6.91. The van der Waals surface area contributed by atoms with Gasteiger partial charge in [0.25, 0.3) is 0 Å². The van der Waals surface area contributed by atoms with E-state index in [9.17, 15) is 0 Å². The first-order valence-corrected chi connectivity index (χ1v) is 6.79. The Hall–Kier alpha value is -0.860. The second kappa shape index (κ2) is 5.85. The molecule has 3 N–H and O–H groups in total. The fourth-order valence-corrected chi connectivity index (χ4v) is 2.30. The van der Waals surface area contributed by atoms with Gasteiger partial charge in [0.2, 0.25) is 0 Å². The SMILES string of the molecule is CC(C)(C)CCC(NN)C(C)(C)c1ccccc1. The van der Waals surface area contributed by atoms with Crippen molar-refractivity contribution in [3.63, 3.8) is 0 Å². The van der Waals surface area contributed by atoms with E-state index in [1.54, 1.807) is 0 Å². The van der Waals surface area contributed by atoms with Crippen molar-refractivity contribution in [3.05, 3.63) is 35.9 Å². The van der Waals surface area contributed by atoms with Crippen LogP contribution in [0.4, 0.5) is 0 Å². The number of benzene rings is 1. The average Bonchev–Trinajstić information content (AvgIpc) is 2.29. The first kappa shape index (κ1) is 15.2. The Morgan fingerprint density at radius 1 is 1.06 bits per heavy atom. The first-order chi connectivity index (χ1) is 8.27. The largest absolute Gasteiger partial charge is 0.271 e. The third-order valence-corrected chi connectivity index (χ3v) is 3.77. The summed E-state index contributed by atoms with van der Waals surface area (Å²) >= 11 is 0. The number of nitrogens with one attached hydrogen (secondary N) is 1. The van der Waals surface area contributed by atoms with Gasteiger partial charge < -0.3 is 0 Å². The highest BCUT2D eigenvalue weighted by Gasteiger charge is 2.31. The van der Waals surface area contributed by atoms with Gasteiger partial charge in [0.05, 0.1) is 0 Å². The van der Waals surface area contributed by atoms with Crippen molar-refractivity contribution >= 4 is 0 Å². The van der Waals surface area contributed by atoms with Crippen LogP contribution in [-0.4, -0.2) is 6.04 Å². The van der Waals surface area contributed by atoms with Crippen molar-refractivity contribution in [2.24, 2.45) is 11.3 Å². The van der Waals surface area contributed by atoms with Gasteiger partial charge in [-0.1, -0.05) is 65.0 Å². The smallest absolute Gasteiger partial charge is 0.0302 e. The Kier molecular flexibility index (Phi) is 4.94. The lowest BCUT2D eigenvalue weighted by atomic mass is 9.74. The lowest BCUT2D eigenvalue weighted by molar-refractivity contribution is 0.270. The highest BCUT2D eigenvalue weighted by Crippen LogP contribution is 2.31. The molecule has 0 saturated heterocycles. The molecule has 1 unspecified atom stereocenters. The summed E-state index contributed by atoms with van der Waals surface area (Å²) in [6, 6.07) is 10.9. The minimum atomic E-state index is 0.0429. The molecule has 0 fully saturated rings. The number of rotatable bonds is 5. The molecule has 0 spiro atoms. The van der Waals surface area contributed by atoms with E-state index in [2.05, 4.69) is 70.4 Å². The molecule has 2 nitrogen and oxygen atoms in total. The van der Waals surface area contributed by atoms with Gasteiger partial charge in [-0.05, 0) is 23.8 Å². The van der Waals surface area contributed by atoms with Crippen LogP contribution in [0.2, 0.25) is 0 Å². The predicted molar refractivity (Wildman–Crippen MR) is 79.3 cm³/mol. The topological polar surface area (TPSA) is 38.0 Å². The van der Waals surface area contributed by atoms with Crippen LogP contribution in [0, 0.1) is 5.41 Å². The molecule has 0 amide bonds. The van der Waals surface area contributed by atoms with Crippen LogP contribution in [0.3, 0.4) is 0 Å². The monoisotopic (exact) mass is 248 g/mol. The molecule has 0 heterocycles. The van der Waals surface area contributed by atoms with E-state index in [0.29, 0.717) is 11.5 Å². The van der Waals surface area contributed by atoms with Crippen LogP contribution in [0.1, 0.15) is 53.0 Å². The van der Waals surface area contributed by atoms with Gasteiger partial charge >= 0.3 is 0 Å². The van der Waals surface area contributed by atoms with E-state index in [-0.39, 0.29) is 5.41 Å². The first-order valence-electron chi connectivity index (χ1n) is 6.79. The van der Waals surface area contributed by atoms with Crippen LogP contribution in [-0.2, 0) is 5.41 Å². The summed E-state index contributed by atoms with van der Waals surface area (Å²) in [6.45, 7) is 11.3. The Morgan fingerprint density at radius 2 is 1.61 bits per heavy atom. The van der Waals surface area contributed by atoms with Gasteiger partial charge in [0.15, 0.2) is 0 Å². The Morgan fingerprint density at radius 3 is 2.06 bits per heavy atom. The summed E-state index contributed by atoms with van der Waals surface area (Å²) in [7, 11) is 0. The zero-order valence-electron chi connectivity index (χ0n) is 12.5.